The molecule has 0 saturated heterocycles. The molecular formula is C66H45N3O. The Morgan fingerprint density at radius 3 is 1.10 bits per heavy atom. The lowest BCUT2D eigenvalue weighted by Crippen LogP contribution is -2.10. The lowest BCUT2D eigenvalue weighted by Gasteiger charge is -2.26. The molecule has 0 aliphatic heterocycles. The minimum Gasteiger partial charge on any atom is -0.455 e. The standard InChI is InChI=1S/C66H45N3O/c1-3-14-51(15-4-1)67(52-16-5-2-6-17-52)53-36-32-48(33-37-53)49-34-40-55(41-35-49)68(56-42-44-57(45-43-56)69-63-23-10-7-18-59(63)60-19-8-11-24-64(60)69)54-38-30-47(31-39-54)46-26-28-50(29-27-46)58-21-13-22-62-61-20-9-12-25-65(61)70-66(58)62/h1-45H. The van der Waals surface area contributed by atoms with Crippen LogP contribution in [0.25, 0.3) is 82.8 Å². The highest BCUT2D eigenvalue weighted by Gasteiger charge is 2.18. The number of aromatic nitrogens is 1. The average molecular weight is 896 g/mol. The Morgan fingerprint density at radius 2 is 0.614 bits per heavy atom. The maximum atomic E-state index is 6.38. The van der Waals surface area contributed by atoms with Gasteiger partial charge in [-0.05, 0) is 131 Å². The first-order chi connectivity index (χ1) is 34.7. The molecule has 0 N–H and O–H groups in total. The Bertz CT molecular complexity index is 3860. The van der Waals surface area contributed by atoms with Crippen molar-refractivity contribution in [2.45, 2.75) is 0 Å². The molecule has 0 aliphatic carbocycles. The summed E-state index contributed by atoms with van der Waals surface area (Å²) in [5.74, 6) is 0. The van der Waals surface area contributed by atoms with Gasteiger partial charge in [0, 0.05) is 66.9 Å². The van der Waals surface area contributed by atoms with Crippen LogP contribution in [-0.4, -0.2) is 4.57 Å². The predicted octanol–water partition coefficient (Wildman–Crippen LogP) is 18.6. The van der Waals surface area contributed by atoms with E-state index in [9.17, 15) is 0 Å². The largest absolute Gasteiger partial charge is 0.455 e. The monoisotopic (exact) mass is 895 g/mol. The fourth-order valence-corrected chi connectivity index (χ4v) is 10.2. The third-order valence-electron chi connectivity index (χ3n) is 13.6. The highest BCUT2D eigenvalue weighted by Crippen LogP contribution is 2.41. The molecule has 70 heavy (non-hydrogen) atoms. The molecule has 4 nitrogen and oxygen atoms in total. The molecule has 0 saturated carbocycles. The molecule has 0 bridgehead atoms. The van der Waals surface area contributed by atoms with E-state index in [0.29, 0.717) is 0 Å². The summed E-state index contributed by atoms with van der Waals surface area (Å²) in [6, 6.07) is 97.6. The van der Waals surface area contributed by atoms with E-state index in [-0.39, 0.29) is 0 Å². The van der Waals surface area contributed by atoms with Gasteiger partial charge in [-0.25, -0.2) is 0 Å². The van der Waals surface area contributed by atoms with Gasteiger partial charge < -0.3 is 18.8 Å². The maximum Gasteiger partial charge on any atom is 0.143 e. The lowest BCUT2D eigenvalue weighted by atomic mass is 9.98. The zero-order valence-corrected chi connectivity index (χ0v) is 38.2. The number of hydrogen-bond acceptors (Lipinski definition) is 3. The van der Waals surface area contributed by atoms with Crippen molar-refractivity contribution in [3.05, 3.63) is 273 Å². The Labute approximate surface area is 406 Å². The zero-order chi connectivity index (χ0) is 46.4. The minimum atomic E-state index is 0.908. The van der Waals surface area contributed by atoms with Crippen molar-refractivity contribution in [3.63, 3.8) is 0 Å². The average Bonchev–Trinajstić information content (AvgIpc) is 3.99. The molecule has 2 heterocycles. The van der Waals surface area contributed by atoms with Crippen molar-refractivity contribution in [2.75, 3.05) is 9.80 Å². The van der Waals surface area contributed by atoms with Crippen LogP contribution < -0.4 is 9.80 Å². The fourth-order valence-electron chi connectivity index (χ4n) is 10.2. The summed E-state index contributed by atoms with van der Waals surface area (Å²) in [5, 5.41) is 4.78. The van der Waals surface area contributed by atoms with Crippen molar-refractivity contribution in [3.8, 4) is 39.1 Å². The van der Waals surface area contributed by atoms with Crippen molar-refractivity contribution < 1.29 is 4.42 Å². The van der Waals surface area contributed by atoms with Crippen molar-refractivity contribution in [1.29, 1.82) is 0 Å². The number of rotatable bonds is 10. The van der Waals surface area contributed by atoms with Gasteiger partial charge in [-0.15, -0.1) is 0 Å². The molecule has 330 valence electrons. The summed E-state index contributed by atoms with van der Waals surface area (Å²) >= 11 is 0. The summed E-state index contributed by atoms with van der Waals surface area (Å²) in [6.45, 7) is 0. The summed E-state index contributed by atoms with van der Waals surface area (Å²) in [4.78, 5) is 4.64. The Hall–Kier alpha value is -9.38. The first-order valence-electron chi connectivity index (χ1n) is 23.8. The van der Waals surface area contributed by atoms with Crippen LogP contribution in [0.15, 0.2) is 277 Å². The highest BCUT2D eigenvalue weighted by atomic mass is 16.3. The highest BCUT2D eigenvalue weighted by molar-refractivity contribution is 6.10. The second kappa shape index (κ2) is 17.4. The number of para-hydroxylation sites is 6. The fraction of sp³-hybridized carbons (Fsp3) is 0. The van der Waals surface area contributed by atoms with Crippen LogP contribution in [0.1, 0.15) is 0 Å². The van der Waals surface area contributed by atoms with Crippen LogP contribution >= 0.6 is 0 Å². The van der Waals surface area contributed by atoms with Crippen LogP contribution in [0, 0.1) is 0 Å². The number of furan rings is 1. The molecule has 2 aromatic heterocycles. The van der Waals surface area contributed by atoms with Crippen molar-refractivity contribution >= 4 is 77.9 Å². The number of hydrogen-bond donors (Lipinski definition) is 0. The Balaban J connectivity index is 0.837. The SMILES string of the molecule is c1ccc(N(c2ccccc2)c2ccc(-c3ccc(N(c4ccc(-c5ccc(-c6cccc7c6oc6ccccc67)cc5)cc4)c4ccc(-n5c6ccccc6c6ccccc65)cc4)cc3)cc2)cc1. The molecule has 0 aliphatic rings. The van der Waals surface area contributed by atoms with E-state index in [1.165, 1.54) is 21.8 Å². The van der Waals surface area contributed by atoms with E-state index in [1.807, 2.05) is 12.1 Å². The van der Waals surface area contributed by atoms with Gasteiger partial charge in [0.25, 0.3) is 0 Å². The van der Waals surface area contributed by atoms with Gasteiger partial charge in [0.05, 0.1) is 11.0 Å². The minimum absolute atomic E-state index is 0.908. The molecule has 0 unspecified atom stereocenters. The molecule has 0 amide bonds. The number of nitrogens with zero attached hydrogens (tertiary/aromatic N) is 3. The van der Waals surface area contributed by atoms with E-state index < -0.39 is 0 Å². The van der Waals surface area contributed by atoms with Crippen LogP contribution in [0.2, 0.25) is 0 Å². The first-order valence-corrected chi connectivity index (χ1v) is 23.8. The van der Waals surface area contributed by atoms with Crippen molar-refractivity contribution in [1.82, 2.24) is 4.57 Å². The summed E-state index contributed by atoms with van der Waals surface area (Å²) in [7, 11) is 0. The Morgan fingerprint density at radius 1 is 0.257 bits per heavy atom. The van der Waals surface area contributed by atoms with E-state index in [2.05, 4.69) is 275 Å². The van der Waals surface area contributed by atoms with Gasteiger partial charge in [-0.1, -0.05) is 170 Å². The van der Waals surface area contributed by atoms with Gasteiger partial charge in [0.1, 0.15) is 11.2 Å². The van der Waals surface area contributed by atoms with Crippen LogP contribution in [0.4, 0.5) is 34.1 Å². The van der Waals surface area contributed by atoms with Crippen molar-refractivity contribution in [2.24, 2.45) is 0 Å². The van der Waals surface area contributed by atoms with E-state index in [1.54, 1.807) is 0 Å². The third kappa shape index (κ3) is 7.27. The molecule has 13 rings (SSSR count). The van der Waals surface area contributed by atoms with E-state index >= 15 is 0 Å². The molecule has 0 radical (unpaired) electrons. The second-order valence-electron chi connectivity index (χ2n) is 17.7. The van der Waals surface area contributed by atoms with Crippen LogP contribution in [0.3, 0.4) is 0 Å². The van der Waals surface area contributed by atoms with Gasteiger partial charge in [0.2, 0.25) is 0 Å². The second-order valence-corrected chi connectivity index (χ2v) is 17.7. The van der Waals surface area contributed by atoms with Gasteiger partial charge in [-0.3, -0.25) is 0 Å². The number of fused-ring (bicyclic) bond motifs is 6. The van der Waals surface area contributed by atoms with E-state index in [4.69, 9.17) is 4.42 Å². The molecule has 11 aromatic carbocycles. The van der Waals surface area contributed by atoms with Gasteiger partial charge in [-0.2, -0.15) is 0 Å². The quantitative estimate of drug-likeness (QED) is 0.137. The lowest BCUT2D eigenvalue weighted by molar-refractivity contribution is 0.670. The predicted molar refractivity (Wildman–Crippen MR) is 294 cm³/mol. The first kappa shape index (κ1) is 40.9. The Kier molecular flexibility index (Phi) is 10.1. The number of anilines is 6. The molecule has 13 aromatic rings. The maximum absolute atomic E-state index is 6.38. The van der Waals surface area contributed by atoms with Crippen LogP contribution in [0.5, 0.6) is 0 Å². The van der Waals surface area contributed by atoms with Gasteiger partial charge >= 0.3 is 0 Å². The van der Waals surface area contributed by atoms with E-state index in [0.717, 1.165) is 95.1 Å². The zero-order valence-electron chi connectivity index (χ0n) is 38.2. The molecule has 0 spiro atoms. The normalized spacial score (nSPS) is 11.4. The summed E-state index contributed by atoms with van der Waals surface area (Å²) < 4.78 is 8.75. The topological polar surface area (TPSA) is 24.6 Å². The molecular weight excluding hydrogens is 851 g/mol. The molecule has 0 fully saturated rings. The number of benzene rings is 11. The van der Waals surface area contributed by atoms with Crippen LogP contribution in [-0.2, 0) is 0 Å². The third-order valence-corrected chi connectivity index (χ3v) is 13.6. The molecule has 0 atom stereocenters. The molecule has 4 heteroatoms. The van der Waals surface area contributed by atoms with Gasteiger partial charge in [0.15, 0.2) is 0 Å². The summed E-state index contributed by atoms with van der Waals surface area (Å²) in [6.07, 6.45) is 0. The smallest absolute Gasteiger partial charge is 0.143 e. The summed E-state index contributed by atoms with van der Waals surface area (Å²) in [5.41, 5.74) is 18.7.